The van der Waals surface area contributed by atoms with Gasteiger partial charge in [-0.3, -0.25) is 4.79 Å². The van der Waals surface area contributed by atoms with Crippen LogP contribution < -0.4 is 11.1 Å². The Morgan fingerprint density at radius 1 is 1.08 bits per heavy atom. The first-order valence-corrected chi connectivity index (χ1v) is 8.47. The van der Waals surface area contributed by atoms with Gasteiger partial charge < -0.3 is 16.0 Å². The lowest BCUT2D eigenvalue weighted by atomic mass is 10.1. The van der Waals surface area contributed by atoms with Gasteiger partial charge in [-0.25, -0.2) is 0 Å². The average Bonchev–Trinajstić information content (AvgIpc) is 2.59. The molecular weight excluding hydrogens is 298 g/mol. The largest absolute Gasteiger partial charge is 0.399 e. The minimum Gasteiger partial charge on any atom is -0.399 e. The van der Waals surface area contributed by atoms with Crippen LogP contribution >= 0.6 is 0 Å². The van der Waals surface area contributed by atoms with Gasteiger partial charge in [0.25, 0.3) is 0 Å². The number of aryl methyl sites for hydroxylation is 1. The van der Waals surface area contributed by atoms with Crippen molar-refractivity contribution in [3.05, 3.63) is 65.7 Å². The van der Waals surface area contributed by atoms with Crippen molar-refractivity contribution in [3.63, 3.8) is 0 Å². The molecule has 0 heterocycles. The highest BCUT2D eigenvalue weighted by atomic mass is 16.1. The highest BCUT2D eigenvalue weighted by molar-refractivity contribution is 5.76. The number of carbonyl (C=O) groups is 1. The van der Waals surface area contributed by atoms with Crippen molar-refractivity contribution < 1.29 is 4.79 Å². The first-order valence-electron chi connectivity index (χ1n) is 8.47. The Hall–Kier alpha value is -2.33. The number of carbonyl (C=O) groups excluding carboxylic acids is 1. The van der Waals surface area contributed by atoms with Crippen LogP contribution in [-0.4, -0.2) is 30.9 Å². The van der Waals surface area contributed by atoms with Gasteiger partial charge in [-0.1, -0.05) is 48.5 Å². The molecular formula is C20H27N3O. The van der Waals surface area contributed by atoms with Gasteiger partial charge in [0, 0.05) is 25.2 Å². The fourth-order valence-corrected chi connectivity index (χ4v) is 2.65. The lowest BCUT2D eigenvalue weighted by Crippen LogP contribution is -2.28. The molecule has 0 aliphatic carbocycles. The van der Waals surface area contributed by atoms with E-state index in [-0.39, 0.29) is 5.91 Å². The van der Waals surface area contributed by atoms with Crippen molar-refractivity contribution in [2.24, 2.45) is 0 Å². The molecule has 0 radical (unpaired) electrons. The average molecular weight is 325 g/mol. The lowest BCUT2D eigenvalue weighted by Gasteiger charge is -2.16. The van der Waals surface area contributed by atoms with E-state index >= 15 is 0 Å². The van der Waals surface area contributed by atoms with E-state index in [1.165, 1.54) is 5.56 Å². The van der Waals surface area contributed by atoms with E-state index < -0.39 is 0 Å². The van der Waals surface area contributed by atoms with Crippen molar-refractivity contribution in [1.29, 1.82) is 0 Å². The van der Waals surface area contributed by atoms with E-state index in [1.807, 2.05) is 30.3 Å². The Kier molecular flexibility index (Phi) is 7.30. The number of nitrogens with zero attached hydrogens (tertiary/aromatic N) is 1. The molecule has 0 spiro atoms. The van der Waals surface area contributed by atoms with Crippen molar-refractivity contribution in [1.82, 2.24) is 10.2 Å². The minimum absolute atomic E-state index is 0.0870. The van der Waals surface area contributed by atoms with Gasteiger partial charge in [0.15, 0.2) is 0 Å². The Morgan fingerprint density at radius 3 is 2.54 bits per heavy atom. The van der Waals surface area contributed by atoms with Crippen molar-refractivity contribution in [3.8, 4) is 0 Å². The molecule has 24 heavy (non-hydrogen) atoms. The molecule has 0 bridgehead atoms. The summed E-state index contributed by atoms with van der Waals surface area (Å²) >= 11 is 0. The number of rotatable bonds is 9. The third kappa shape index (κ3) is 6.42. The van der Waals surface area contributed by atoms with Gasteiger partial charge in [-0.2, -0.15) is 0 Å². The topological polar surface area (TPSA) is 58.4 Å². The third-order valence-electron chi connectivity index (χ3n) is 4.01. The molecule has 4 nitrogen and oxygen atoms in total. The summed E-state index contributed by atoms with van der Waals surface area (Å²) in [5.41, 5.74) is 8.99. The summed E-state index contributed by atoms with van der Waals surface area (Å²) in [6.45, 7) is 2.60. The number of anilines is 1. The molecule has 0 aliphatic rings. The highest BCUT2D eigenvalue weighted by Crippen LogP contribution is 2.12. The molecule has 0 aromatic heterocycles. The highest BCUT2D eigenvalue weighted by Gasteiger charge is 2.05. The van der Waals surface area contributed by atoms with E-state index in [9.17, 15) is 4.79 Å². The Labute approximate surface area is 144 Å². The molecule has 0 unspecified atom stereocenters. The van der Waals surface area contributed by atoms with Crippen LogP contribution in [0.4, 0.5) is 5.69 Å². The van der Waals surface area contributed by atoms with Crippen LogP contribution in [0, 0.1) is 0 Å². The molecule has 4 heteroatoms. The maximum Gasteiger partial charge on any atom is 0.220 e. The summed E-state index contributed by atoms with van der Waals surface area (Å²) in [6.07, 6.45) is 2.11. The molecule has 0 aliphatic heterocycles. The molecule has 0 atom stereocenters. The molecule has 0 fully saturated rings. The molecule has 2 aromatic carbocycles. The van der Waals surface area contributed by atoms with Gasteiger partial charge in [-0.15, -0.1) is 0 Å². The summed E-state index contributed by atoms with van der Waals surface area (Å²) in [7, 11) is 2.10. The number of nitrogens with one attached hydrogen (secondary N) is 1. The molecule has 3 N–H and O–H groups in total. The minimum atomic E-state index is 0.0870. The zero-order chi connectivity index (χ0) is 17.2. The van der Waals surface area contributed by atoms with Gasteiger partial charge in [0.05, 0.1) is 0 Å². The van der Waals surface area contributed by atoms with Crippen LogP contribution in [0.2, 0.25) is 0 Å². The van der Waals surface area contributed by atoms with E-state index in [0.29, 0.717) is 19.4 Å². The zero-order valence-electron chi connectivity index (χ0n) is 14.4. The molecule has 0 saturated carbocycles. The van der Waals surface area contributed by atoms with Crippen LogP contribution in [0.25, 0.3) is 0 Å². The number of hydrogen-bond donors (Lipinski definition) is 2. The Balaban J connectivity index is 1.58. The van der Waals surface area contributed by atoms with Crippen molar-refractivity contribution in [2.45, 2.75) is 25.8 Å². The van der Waals surface area contributed by atoms with E-state index in [2.05, 4.69) is 41.5 Å². The maximum absolute atomic E-state index is 11.9. The molecule has 2 rings (SSSR count). The number of nitrogens with two attached hydrogens (primary N) is 1. The monoisotopic (exact) mass is 325 g/mol. The predicted molar refractivity (Wildman–Crippen MR) is 99.6 cm³/mol. The number of benzene rings is 2. The second kappa shape index (κ2) is 9.73. The van der Waals surface area contributed by atoms with Crippen LogP contribution in [0.1, 0.15) is 24.0 Å². The summed E-state index contributed by atoms with van der Waals surface area (Å²) in [4.78, 5) is 14.2. The fraction of sp³-hybridized carbons (Fsp3) is 0.350. The fourth-order valence-electron chi connectivity index (χ4n) is 2.65. The van der Waals surface area contributed by atoms with Crippen molar-refractivity contribution >= 4 is 11.6 Å². The van der Waals surface area contributed by atoms with Gasteiger partial charge in [-0.05, 0) is 43.6 Å². The molecule has 0 saturated heterocycles. The van der Waals surface area contributed by atoms with Crippen LogP contribution in [-0.2, 0) is 17.8 Å². The van der Waals surface area contributed by atoms with E-state index in [0.717, 1.165) is 30.8 Å². The smallest absolute Gasteiger partial charge is 0.220 e. The predicted octanol–water partition coefficient (Wildman–Crippen LogP) is 2.84. The number of amides is 1. The second-order valence-electron chi connectivity index (χ2n) is 6.13. The second-order valence-corrected chi connectivity index (χ2v) is 6.13. The van der Waals surface area contributed by atoms with E-state index in [1.54, 1.807) is 0 Å². The van der Waals surface area contributed by atoms with Crippen LogP contribution in [0.3, 0.4) is 0 Å². The van der Waals surface area contributed by atoms with Crippen molar-refractivity contribution in [2.75, 3.05) is 25.9 Å². The lowest BCUT2D eigenvalue weighted by molar-refractivity contribution is -0.121. The number of para-hydroxylation sites is 1. The van der Waals surface area contributed by atoms with Crippen LogP contribution in [0.15, 0.2) is 54.6 Å². The standard InChI is InChI=1S/C20H27N3O/c1-23(16-17-8-3-2-4-9-17)15-7-14-22-20(24)13-12-18-10-5-6-11-19(18)21/h2-6,8-11H,7,12-16,21H2,1H3,(H,22,24). The summed E-state index contributed by atoms with van der Waals surface area (Å²) in [5.74, 6) is 0.0870. The molecule has 2 aromatic rings. The SMILES string of the molecule is CN(CCCNC(=O)CCc1ccccc1N)Cc1ccccc1. The van der Waals surface area contributed by atoms with Crippen LogP contribution in [0.5, 0.6) is 0 Å². The maximum atomic E-state index is 11.9. The number of hydrogen-bond acceptors (Lipinski definition) is 3. The van der Waals surface area contributed by atoms with E-state index in [4.69, 9.17) is 5.73 Å². The van der Waals surface area contributed by atoms with Gasteiger partial charge in [0.1, 0.15) is 0 Å². The summed E-state index contributed by atoms with van der Waals surface area (Å²) < 4.78 is 0. The summed E-state index contributed by atoms with van der Waals surface area (Å²) in [5, 5.41) is 2.99. The third-order valence-corrected chi connectivity index (χ3v) is 4.01. The van der Waals surface area contributed by atoms with Gasteiger partial charge >= 0.3 is 0 Å². The first kappa shape index (κ1) is 18.0. The zero-order valence-corrected chi connectivity index (χ0v) is 14.4. The number of nitrogen functional groups attached to an aromatic ring is 1. The Morgan fingerprint density at radius 2 is 1.79 bits per heavy atom. The normalized spacial score (nSPS) is 10.8. The molecule has 128 valence electrons. The first-order chi connectivity index (χ1) is 11.6. The van der Waals surface area contributed by atoms with Gasteiger partial charge in [0.2, 0.25) is 5.91 Å². The Bertz CT molecular complexity index is 628. The summed E-state index contributed by atoms with van der Waals surface area (Å²) in [6, 6.07) is 18.1. The molecule has 1 amide bonds. The quantitative estimate of drug-likeness (QED) is 0.550.